The standard InChI is InChI=1S/C17H18N2O3/c1-12-4-3-5-16(10-12)22-11-17(21)19-18-13(2)14-6-8-15(20)9-7-14/h3-10,20H,11H2,1-2H3,(H,19,21). The molecule has 2 rings (SSSR count). The predicted octanol–water partition coefficient (Wildman–Crippen LogP) is 2.62. The quantitative estimate of drug-likeness (QED) is 0.658. The fraction of sp³-hybridized carbons (Fsp3) is 0.176. The van der Waals surface area contributed by atoms with Crippen LogP contribution in [0.3, 0.4) is 0 Å². The number of carbonyl (C=O) groups is 1. The third-order valence-electron chi connectivity index (χ3n) is 2.99. The Bertz CT molecular complexity index is 679. The Labute approximate surface area is 129 Å². The lowest BCUT2D eigenvalue weighted by atomic mass is 10.1. The van der Waals surface area contributed by atoms with Crippen LogP contribution in [0.25, 0.3) is 0 Å². The number of aryl methyl sites for hydroxylation is 1. The molecule has 0 aliphatic heterocycles. The molecule has 2 aromatic rings. The topological polar surface area (TPSA) is 70.9 Å². The van der Waals surface area contributed by atoms with Gasteiger partial charge in [-0.05, 0) is 61.4 Å². The second kappa shape index (κ2) is 7.26. The lowest BCUT2D eigenvalue weighted by Gasteiger charge is -2.06. The Balaban J connectivity index is 1.86. The Hall–Kier alpha value is -2.82. The molecule has 0 aliphatic rings. The first kappa shape index (κ1) is 15.6. The lowest BCUT2D eigenvalue weighted by Crippen LogP contribution is -2.25. The molecule has 0 saturated carbocycles. The van der Waals surface area contributed by atoms with Gasteiger partial charge in [-0.2, -0.15) is 5.10 Å². The summed E-state index contributed by atoms with van der Waals surface area (Å²) in [5.74, 6) is 0.501. The second-order valence-electron chi connectivity index (χ2n) is 4.88. The molecule has 22 heavy (non-hydrogen) atoms. The average molecular weight is 298 g/mol. The van der Waals surface area contributed by atoms with E-state index in [4.69, 9.17) is 4.74 Å². The summed E-state index contributed by atoms with van der Waals surface area (Å²) in [6, 6.07) is 14.1. The smallest absolute Gasteiger partial charge is 0.277 e. The summed E-state index contributed by atoms with van der Waals surface area (Å²) in [5, 5.41) is 13.2. The van der Waals surface area contributed by atoms with E-state index in [2.05, 4.69) is 10.5 Å². The van der Waals surface area contributed by atoms with E-state index in [1.807, 2.05) is 25.1 Å². The molecule has 0 spiro atoms. The van der Waals surface area contributed by atoms with Gasteiger partial charge in [0.2, 0.25) is 0 Å². The summed E-state index contributed by atoms with van der Waals surface area (Å²) in [6.07, 6.45) is 0. The second-order valence-corrected chi connectivity index (χ2v) is 4.88. The van der Waals surface area contributed by atoms with Crippen molar-refractivity contribution >= 4 is 11.6 Å². The largest absolute Gasteiger partial charge is 0.508 e. The number of nitrogens with zero attached hydrogens (tertiary/aromatic N) is 1. The van der Waals surface area contributed by atoms with Crippen LogP contribution >= 0.6 is 0 Å². The van der Waals surface area contributed by atoms with Crippen LogP contribution in [0.2, 0.25) is 0 Å². The fourth-order valence-electron chi connectivity index (χ4n) is 1.80. The predicted molar refractivity (Wildman–Crippen MR) is 85.1 cm³/mol. The number of hydrogen-bond donors (Lipinski definition) is 2. The van der Waals surface area contributed by atoms with E-state index in [1.165, 1.54) is 0 Å². The molecule has 2 aromatic carbocycles. The van der Waals surface area contributed by atoms with Crippen molar-refractivity contribution < 1.29 is 14.6 Å². The Kier molecular flexibility index (Phi) is 5.14. The molecule has 0 saturated heterocycles. The minimum Gasteiger partial charge on any atom is -0.508 e. The maximum atomic E-state index is 11.7. The van der Waals surface area contributed by atoms with Crippen molar-refractivity contribution in [3.8, 4) is 11.5 Å². The average Bonchev–Trinajstić information content (AvgIpc) is 2.51. The minimum atomic E-state index is -0.334. The Morgan fingerprint density at radius 1 is 1.23 bits per heavy atom. The molecule has 0 atom stereocenters. The van der Waals surface area contributed by atoms with Gasteiger partial charge in [0, 0.05) is 0 Å². The van der Waals surface area contributed by atoms with Crippen LogP contribution in [0.5, 0.6) is 11.5 Å². The van der Waals surface area contributed by atoms with Gasteiger partial charge >= 0.3 is 0 Å². The van der Waals surface area contributed by atoms with Crippen molar-refractivity contribution in [2.45, 2.75) is 13.8 Å². The van der Waals surface area contributed by atoms with Gasteiger partial charge in [0.15, 0.2) is 6.61 Å². The van der Waals surface area contributed by atoms with Crippen molar-refractivity contribution in [2.24, 2.45) is 5.10 Å². The zero-order valence-corrected chi connectivity index (χ0v) is 12.5. The maximum absolute atomic E-state index is 11.7. The zero-order valence-electron chi connectivity index (χ0n) is 12.5. The first-order valence-corrected chi connectivity index (χ1v) is 6.86. The molecular formula is C17H18N2O3. The first-order valence-electron chi connectivity index (χ1n) is 6.86. The number of amides is 1. The third-order valence-corrected chi connectivity index (χ3v) is 2.99. The monoisotopic (exact) mass is 298 g/mol. The van der Waals surface area contributed by atoms with Crippen molar-refractivity contribution in [1.82, 2.24) is 5.43 Å². The van der Waals surface area contributed by atoms with Crippen LogP contribution in [-0.2, 0) is 4.79 Å². The summed E-state index contributed by atoms with van der Waals surface area (Å²) in [5.41, 5.74) is 4.97. The minimum absolute atomic E-state index is 0.101. The van der Waals surface area contributed by atoms with Crippen LogP contribution in [0.15, 0.2) is 53.6 Å². The van der Waals surface area contributed by atoms with Crippen LogP contribution in [-0.4, -0.2) is 23.3 Å². The van der Waals surface area contributed by atoms with E-state index < -0.39 is 0 Å². The molecule has 114 valence electrons. The zero-order chi connectivity index (χ0) is 15.9. The van der Waals surface area contributed by atoms with Crippen molar-refractivity contribution in [2.75, 3.05) is 6.61 Å². The van der Waals surface area contributed by atoms with Gasteiger partial charge in [0.05, 0.1) is 5.71 Å². The first-order chi connectivity index (χ1) is 10.5. The molecule has 0 aliphatic carbocycles. The van der Waals surface area contributed by atoms with Crippen molar-refractivity contribution in [3.05, 3.63) is 59.7 Å². The van der Waals surface area contributed by atoms with Crippen LogP contribution < -0.4 is 10.2 Å². The highest BCUT2D eigenvalue weighted by Crippen LogP contribution is 2.12. The number of phenolic OH excluding ortho intramolecular Hbond substituents is 1. The molecule has 2 N–H and O–H groups in total. The van der Waals surface area contributed by atoms with E-state index in [-0.39, 0.29) is 18.3 Å². The SMILES string of the molecule is CC(=NNC(=O)COc1cccc(C)c1)c1ccc(O)cc1. The van der Waals surface area contributed by atoms with Gasteiger partial charge in [-0.1, -0.05) is 12.1 Å². The summed E-state index contributed by atoms with van der Waals surface area (Å²) in [7, 11) is 0. The highest BCUT2D eigenvalue weighted by atomic mass is 16.5. The number of rotatable bonds is 5. The molecule has 5 heteroatoms. The third kappa shape index (κ3) is 4.63. The van der Waals surface area contributed by atoms with E-state index in [9.17, 15) is 9.90 Å². The number of benzene rings is 2. The highest BCUT2D eigenvalue weighted by Gasteiger charge is 2.03. The summed E-state index contributed by atoms with van der Waals surface area (Å²) in [6.45, 7) is 3.63. The maximum Gasteiger partial charge on any atom is 0.277 e. The number of hydrogen-bond acceptors (Lipinski definition) is 4. The molecule has 1 amide bonds. The van der Waals surface area contributed by atoms with E-state index in [0.717, 1.165) is 11.1 Å². The lowest BCUT2D eigenvalue weighted by molar-refractivity contribution is -0.123. The molecular weight excluding hydrogens is 280 g/mol. The molecule has 0 unspecified atom stereocenters. The molecule has 0 fully saturated rings. The van der Waals surface area contributed by atoms with E-state index in [0.29, 0.717) is 11.5 Å². The summed E-state index contributed by atoms with van der Waals surface area (Å²) < 4.78 is 5.39. The van der Waals surface area contributed by atoms with Gasteiger partial charge in [0.1, 0.15) is 11.5 Å². The van der Waals surface area contributed by atoms with Crippen LogP contribution in [0.1, 0.15) is 18.1 Å². The Morgan fingerprint density at radius 3 is 2.64 bits per heavy atom. The van der Waals surface area contributed by atoms with Gasteiger partial charge in [-0.25, -0.2) is 5.43 Å². The molecule has 0 radical (unpaired) electrons. The van der Waals surface area contributed by atoms with Crippen LogP contribution in [0, 0.1) is 6.92 Å². The fourth-order valence-corrected chi connectivity index (χ4v) is 1.80. The van der Waals surface area contributed by atoms with Crippen molar-refractivity contribution in [1.29, 1.82) is 0 Å². The number of nitrogens with one attached hydrogen (secondary N) is 1. The normalized spacial score (nSPS) is 11.1. The number of phenols is 1. The summed E-state index contributed by atoms with van der Waals surface area (Å²) >= 11 is 0. The molecule has 0 heterocycles. The number of carbonyl (C=O) groups excluding carboxylic acids is 1. The number of hydrazone groups is 1. The molecule has 0 bridgehead atoms. The van der Waals surface area contributed by atoms with Gasteiger partial charge in [-0.15, -0.1) is 0 Å². The van der Waals surface area contributed by atoms with E-state index >= 15 is 0 Å². The molecule has 0 aromatic heterocycles. The summed E-state index contributed by atoms with van der Waals surface area (Å²) in [4.78, 5) is 11.7. The van der Waals surface area contributed by atoms with Gasteiger partial charge < -0.3 is 9.84 Å². The molecule has 5 nitrogen and oxygen atoms in total. The van der Waals surface area contributed by atoms with Gasteiger partial charge in [-0.3, -0.25) is 4.79 Å². The number of ether oxygens (including phenoxy) is 1. The highest BCUT2D eigenvalue weighted by molar-refractivity contribution is 5.99. The van der Waals surface area contributed by atoms with Crippen molar-refractivity contribution in [3.63, 3.8) is 0 Å². The van der Waals surface area contributed by atoms with E-state index in [1.54, 1.807) is 37.3 Å². The number of aromatic hydroxyl groups is 1. The Morgan fingerprint density at radius 2 is 1.95 bits per heavy atom. The van der Waals surface area contributed by atoms with Crippen LogP contribution in [0.4, 0.5) is 0 Å². The van der Waals surface area contributed by atoms with Gasteiger partial charge in [0.25, 0.3) is 5.91 Å².